The highest BCUT2D eigenvalue weighted by Crippen LogP contribution is 2.17. The average Bonchev–Trinajstić information content (AvgIpc) is 2.60. The number of hydrogen-bond donors (Lipinski definition) is 2. The molecule has 0 fully saturated rings. The van der Waals surface area contributed by atoms with E-state index < -0.39 is 6.09 Å². The molecule has 3 rings (SSSR count). The predicted octanol–water partition coefficient (Wildman–Crippen LogP) is 3.82. The number of carbonyl (C=O) groups is 1. The Hall–Kier alpha value is -3.15. The third kappa shape index (κ3) is 3.52. The van der Waals surface area contributed by atoms with Crippen molar-refractivity contribution in [1.29, 1.82) is 0 Å². The van der Waals surface area contributed by atoms with Gasteiger partial charge in [-0.2, -0.15) is 0 Å². The summed E-state index contributed by atoms with van der Waals surface area (Å²) >= 11 is 0. The Bertz CT molecular complexity index is 962. The molecule has 128 valence electrons. The lowest BCUT2D eigenvalue weighted by Gasteiger charge is -2.14. The van der Waals surface area contributed by atoms with Crippen LogP contribution in [0, 0.1) is 0 Å². The number of nitrogens with one attached hydrogen (secondary N) is 1. The number of benzene rings is 2. The van der Waals surface area contributed by atoms with Crippen LogP contribution in [0.5, 0.6) is 0 Å². The summed E-state index contributed by atoms with van der Waals surface area (Å²) in [6.45, 7) is 2.09. The van der Waals surface area contributed by atoms with Crippen LogP contribution in [-0.2, 0) is 6.42 Å². The molecule has 25 heavy (non-hydrogen) atoms. The minimum absolute atomic E-state index is 0.115. The maximum Gasteiger partial charge on any atom is 0.409 e. The van der Waals surface area contributed by atoms with E-state index in [9.17, 15) is 9.59 Å². The molecule has 2 aromatic carbocycles. The smallest absolute Gasteiger partial charge is 0.409 e. The van der Waals surface area contributed by atoms with Crippen LogP contribution in [0.15, 0.2) is 53.3 Å². The highest BCUT2D eigenvalue weighted by molar-refractivity contribution is 5.83. The quantitative estimate of drug-likeness (QED) is 0.741. The molecular weight excluding hydrogens is 318 g/mol. The molecule has 6 nitrogen and oxygen atoms in total. The van der Waals surface area contributed by atoms with Crippen LogP contribution in [0.2, 0.25) is 0 Å². The van der Waals surface area contributed by atoms with Crippen LogP contribution in [0.1, 0.15) is 25.6 Å². The molecule has 0 saturated carbocycles. The van der Waals surface area contributed by atoms with Crippen molar-refractivity contribution in [3.05, 3.63) is 64.7 Å². The topological polar surface area (TPSA) is 84.2 Å². The van der Waals surface area contributed by atoms with Gasteiger partial charge in [0.15, 0.2) is 0 Å². The van der Waals surface area contributed by atoms with Gasteiger partial charge in [-0.05, 0) is 42.8 Å². The summed E-state index contributed by atoms with van der Waals surface area (Å²) in [5.41, 5.74) is 1.70. The van der Waals surface area contributed by atoms with Crippen LogP contribution in [0.3, 0.4) is 0 Å². The van der Waals surface area contributed by atoms with E-state index in [0.29, 0.717) is 34.5 Å². The Morgan fingerprint density at radius 2 is 1.88 bits per heavy atom. The fourth-order valence-corrected chi connectivity index (χ4v) is 2.76. The molecule has 0 aliphatic rings. The third-order valence-electron chi connectivity index (χ3n) is 3.98. The molecule has 6 heteroatoms. The number of aryl methyl sites for hydroxylation is 1. The lowest BCUT2D eigenvalue weighted by molar-refractivity contribution is 0.210. The summed E-state index contributed by atoms with van der Waals surface area (Å²) in [4.78, 5) is 28.4. The van der Waals surface area contributed by atoms with Crippen LogP contribution in [0.4, 0.5) is 10.5 Å². The zero-order chi connectivity index (χ0) is 17.8. The largest absolute Gasteiger partial charge is 0.465 e. The molecule has 2 N–H and O–H groups in total. The van der Waals surface area contributed by atoms with Crippen LogP contribution in [0.25, 0.3) is 16.6 Å². The molecule has 3 aromatic rings. The summed E-state index contributed by atoms with van der Waals surface area (Å²) in [5, 5.41) is 11.6. The number of unbranched alkanes of at least 4 members (excludes halogenated alkanes) is 1. The highest BCUT2D eigenvalue weighted by Gasteiger charge is 2.12. The number of anilines is 1. The van der Waals surface area contributed by atoms with Gasteiger partial charge in [0.05, 0.1) is 16.6 Å². The predicted molar refractivity (Wildman–Crippen MR) is 97.6 cm³/mol. The van der Waals surface area contributed by atoms with Crippen molar-refractivity contribution in [1.82, 2.24) is 9.55 Å². The standard InChI is InChI=1S/C19H19N3O3/c1-2-3-8-17-21-16-7-5-4-6-15(16)18(23)22(17)14-11-9-13(10-12-14)20-19(24)25/h4-7,9-12,20H,2-3,8H2,1H3,(H,24,25). The molecule has 0 aliphatic carbocycles. The van der Waals surface area contributed by atoms with Crippen molar-refractivity contribution >= 4 is 22.7 Å². The fraction of sp³-hybridized carbons (Fsp3) is 0.211. The summed E-state index contributed by atoms with van der Waals surface area (Å²) in [6, 6.07) is 14.0. The molecule has 1 heterocycles. The molecule has 0 bridgehead atoms. The van der Waals surface area contributed by atoms with Gasteiger partial charge in [0.1, 0.15) is 5.82 Å². The first kappa shape index (κ1) is 16.7. The van der Waals surface area contributed by atoms with Gasteiger partial charge >= 0.3 is 6.09 Å². The van der Waals surface area contributed by atoms with Gasteiger partial charge < -0.3 is 5.11 Å². The second kappa shape index (κ2) is 7.17. The molecule has 0 atom stereocenters. The lowest BCUT2D eigenvalue weighted by Crippen LogP contribution is -2.24. The number of nitrogens with zero attached hydrogens (tertiary/aromatic N) is 2. The van der Waals surface area contributed by atoms with Gasteiger partial charge in [0.25, 0.3) is 5.56 Å². The molecular formula is C19H19N3O3. The van der Waals surface area contributed by atoms with Gasteiger partial charge in [0, 0.05) is 12.1 Å². The molecule has 0 aliphatic heterocycles. The molecule has 0 radical (unpaired) electrons. The SMILES string of the molecule is CCCCc1nc2ccccc2c(=O)n1-c1ccc(NC(=O)O)cc1. The van der Waals surface area contributed by atoms with Crippen molar-refractivity contribution in [2.75, 3.05) is 5.32 Å². The van der Waals surface area contributed by atoms with Crippen molar-refractivity contribution in [2.24, 2.45) is 0 Å². The normalized spacial score (nSPS) is 10.8. The molecule has 0 saturated heterocycles. The number of hydrogen-bond acceptors (Lipinski definition) is 3. The number of rotatable bonds is 5. The van der Waals surface area contributed by atoms with Crippen LogP contribution in [-0.4, -0.2) is 20.8 Å². The Labute approximate surface area is 144 Å². The van der Waals surface area contributed by atoms with E-state index in [1.54, 1.807) is 34.9 Å². The zero-order valence-corrected chi connectivity index (χ0v) is 13.9. The zero-order valence-electron chi connectivity index (χ0n) is 13.9. The Balaban J connectivity index is 2.14. The number of para-hydroxylation sites is 1. The molecule has 0 unspecified atom stereocenters. The van der Waals surface area contributed by atoms with Crippen molar-refractivity contribution in [3.8, 4) is 5.69 Å². The van der Waals surface area contributed by atoms with E-state index in [1.807, 2.05) is 18.2 Å². The average molecular weight is 337 g/mol. The first-order valence-electron chi connectivity index (χ1n) is 8.21. The minimum atomic E-state index is -1.12. The van der Waals surface area contributed by atoms with Gasteiger partial charge in [-0.1, -0.05) is 25.5 Å². The van der Waals surface area contributed by atoms with Crippen molar-refractivity contribution < 1.29 is 9.90 Å². The van der Waals surface area contributed by atoms with Crippen molar-refractivity contribution in [3.63, 3.8) is 0 Å². The van der Waals surface area contributed by atoms with Gasteiger partial charge in [0.2, 0.25) is 0 Å². The maximum atomic E-state index is 13.0. The van der Waals surface area contributed by atoms with Gasteiger partial charge in [-0.25, -0.2) is 9.78 Å². The summed E-state index contributed by atoms with van der Waals surface area (Å²) in [6.07, 6.45) is 1.51. The summed E-state index contributed by atoms with van der Waals surface area (Å²) in [7, 11) is 0. The highest BCUT2D eigenvalue weighted by atomic mass is 16.4. The first-order valence-corrected chi connectivity index (χ1v) is 8.21. The van der Waals surface area contributed by atoms with E-state index in [4.69, 9.17) is 5.11 Å². The van der Waals surface area contributed by atoms with E-state index >= 15 is 0 Å². The van der Waals surface area contributed by atoms with Crippen LogP contribution < -0.4 is 10.9 Å². The summed E-state index contributed by atoms with van der Waals surface area (Å²) in [5.74, 6) is 0.712. The fourth-order valence-electron chi connectivity index (χ4n) is 2.76. The Morgan fingerprint density at radius 3 is 2.56 bits per heavy atom. The number of fused-ring (bicyclic) bond motifs is 1. The number of amides is 1. The van der Waals surface area contributed by atoms with Crippen molar-refractivity contribution in [2.45, 2.75) is 26.2 Å². The molecule has 0 spiro atoms. The third-order valence-corrected chi connectivity index (χ3v) is 3.98. The molecule has 1 aromatic heterocycles. The molecule has 1 amide bonds. The van der Waals surface area contributed by atoms with Gasteiger partial charge in [-0.3, -0.25) is 14.7 Å². The number of aromatic nitrogens is 2. The number of carboxylic acid groups (broad SMARTS) is 1. The van der Waals surface area contributed by atoms with E-state index in [0.717, 1.165) is 12.8 Å². The first-order chi connectivity index (χ1) is 12.1. The Morgan fingerprint density at radius 1 is 1.16 bits per heavy atom. The van der Waals surface area contributed by atoms with E-state index in [1.165, 1.54) is 0 Å². The van der Waals surface area contributed by atoms with E-state index in [-0.39, 0.29) is 5.56 Å². The lowest BCUT2D eigenvalue weighted by atomic mass is 10.2. The second-order valence-electron chi connectivity index (χ2n) is 5.77. The summed E-state index contributed by atoms with van der Waals surface area (Å²) < 4.78 is 1.61. The minimum Gasteiger partial charge on any atom is -0.465 e. The van der Waals surface area contributed by atoms with Crippen LogP contribution >= 0.6 is 0 Å². The Kier molecular flexibility index (Phi) is 4.79. The van der Waals surface area contributed by atoms with Gasteiger partial charge in [-0.15, -0.1) is 0 Å². The maximum absolute atomic E-state index is 13.0. The monoisotopic (exact) mass is 337 g/mol. The van der Waals surface area contributed by atoms with E-state index in [2.05, 4.69) is 17.2 Å². The second-order valence-corrected chi connectivity index (χ2v) is 5.77.